The molecule has 0 radical (unpaired) electrons. The first-order valence-electron chi connectivity index (χ1n) is 8.18. The molecule has 1 aromatic heterocycles. The average molecular weight is 291 g/mol. The summed E-state index contributed by atoms with van der Waals surface area (Å²) in [5.41, 5.74) is 1.61. The zero-order valence-electron chi connectivity index (χ0n) is 12.8. The maximum atomic E-state index is 12.0. The Morgan fingerprint density at radius 1 is 1.48 bits per heavy atom. The summed E-state index contributed by atoms with van der Waals surface area (Å²) < 4.78 is 2.10. The highest BCUT2D eigenvalue weighted by Gasteiger charge is 2.51. The van der Waals surface area contributed by atoms with Gasteiger partial charge in [0.1, 0.15) is 5.54 Å². The fourth-order valence-electron chi connectivity index (χ4n) is 3.51. The third-order valence-corrected chi connectivity index (χ3v) is 4.88. The van der Waals surface area contributed by atoms with Crippen molar-refractivity contribution in [2.24, 2.45) is 5.92 Å². The number of fused-ring (bicyclic) bond motifs is 1. The van der Waals surface area contributed by atoms with Gasteiger partial charge in [-0.3, -0.25) is 4.79 Å². The van der Waals surface area contributed by atoms with E-state index >= 15 is 0 Å². The lowest BCUT2D eigenvalue weighted by Gasteiger charge is -2.32. The summed E-state index contributed by atoms with van der Waals surface area (Å²) in [7, 11) is 0. The van der Waals surface area contributed by atoms with Crippen molar-refractivity contribution in [1.82, 2.24) is 14.9 Å². The van der Waals surface area contributed by atoms with Gasteiger partial charge in [0.25, 0.3) is 0 Å². The maximum absolute atomic E-state index is 12.0. The molecule has 2 N–H and O–H groups in total. The molecule has 21 heavy (non-hydrogen) atoms. The van der Waals surface area contributed by atoms with Crippen LogP contribution in [0, 0.1) is 5.92 Å². The standard InChI is InChI=1S/C16H25N3O2/c1-2-9-18-16(15(20)21,12-7-8-12)10-19-11-17-13-5-3-4-6-14(13)19/h11-12,18H,2-10H2,1H3,(H,20,21). The number of aryl methyl sites for hydroxylation is 1. The van der Waals surface area contributed by atoms with E-state index in [4.69, 9.17) is 0 Å². The molecule has 1 unspecified atom stereocenters. The van der Waals surface area contributed by atoms with E-state index in [1.165, 1.54) is 24.2 Å². The Morgan fingerprint density at radius 2 is 2.24 bits per heavy atom. The van der Waals surface area contributed by atoms with Gasteiger partial charge in [-0.1, -0.05) is 6.92 Å². The first kappa shape index (κ1) is 14.6. The van der Waals surface area contributed by atoms with Crippen LogP contribution in [0.25, 0.3) is 0 Å². The van der Waals surface area contributed by atoms with E-state index in [2.05, 4.69) is 21.8 Å². The van der Waals surface area contributed by atoms with E-state index in [0.29, 0.717) is 6.54 Å². The molecule has 0 amide bonds. The molecule has 1 saturated carbocycles. The first-order valence-corrected chi connectivity index (χ1v) is 8.18. The van der Waals surface area contributed by atoms with Gasteiger partial charge in [-0.2, -0.15) is 0 Å². The number of nitrogens with zero attached hydrogens (tertiary/aromatic N) is 2. The lowest BCUT2D eigenvalue weighted by molar-refractivity contribution is -0.146. The molecule has 1 aromatic rings. The summed E-state index contributed by atoms with van der Waals surface area (Å²) in [6.45, 7) is 3.33. The second-order valence-electron chi connectivity index (χ2n) is 6.45. The normalized spacial score (nSPS) is 20.8. The highest BCUT2D eigenvalue weighted by Crippen LogP contribution is 2.41. The van der Waals surface area contributed by atoms with Gasteiger partial charge < -0.3 is 15.0 Å². The molecular formula is C16H25N3O2. The Balaban J connectivity index is 1.87. The molecule has 1 fully saturated rings. The Morgan fingerprint density at radius 3 is 2.90 bits per heavy atom. The smallest absolute Gasteiger partial charge is 0.326 e. The van der Waals surface area contributed by atoms with E-state index in [-0.39, 0.29) is 5.92 Å². The Kier molecular flexibility index (Phi) is 4.02. The van der Waals surface area contributed by atoms with Gasteiger partial charge in [0.2, 0.25) is 0 Å². The molecular weight excluding hydrogens is 266 g/mol. The zero-order chi connectivity index (χ0) is 14.9. The van der Waals surface area contributed by atoms with Crippen LogP contribution >= 0.6 is 0 Å². The predicted molar refractivity (Wildman–Crippen MR) is 80.3 cm³/mol. The number of hydrogen-bond acceptors (Lipinski definition) is 3. The maximum Gasteiger partial charge on any atom is 0.326 e. The molecule has 5 nitrogen and oxygen atoms in total. The third-order valence-electron chi connectivity index (χ3n) is 4.88. The molecule has 2 aliphatic rings. The molecule has 0 saturated heterocycles. The summed E-state index contributed by atoms with van der Waals surface area (Å²) >= 11 is 0. The fourth-order valence-corrected chi connectivity index (χ4v) is 3.51. The highest BCUT2D eigenvalue weighted by atomic mass is 16.4. The number of carbonyl (C=O) groups is 1. The SMILES string of the molecule is CCCNC(Cn1cnc2c1CCCC2)(C(=O)O)C1CC1. The molecule has 0 aromatic carbocycles. The molecule has 0 spiro atoms. The first-order chi connectivity index (χ1) is 10.2. The minimum atomic E-state index is -0.818. The largest absolute Gasteiger partial charge is 0.480 e. The van der Waals surface area contributed by atoms with Gasteiger partial charge in [0, 0.05) is 5.69 Å². The van der Waals surface area contributed by atoms with Crippen LogP contribution in [-0.2, 0) is 24.2 Å². The van der Waals surface area contributed by atoms with Crippen molar-refractivity contribution >= 4 is 5.97 Å². The quantitative estimate of drug-likeness (QED) is 0.806. The molecule has 0 bridgehead atoms. The van der Waals surface area contributed by atoms with Crippen LogP contribution in [0.3, 0.4) is 0 Å². The van der Waals surface area contributed by atoms with Crippen molar-refractivity contribution < 1.29 is 9.90 Å². The lowest BCUT2D eigenvalue weighted by atomic mass is 9.92. The average Bonchev–Trinajstić information content (AvgIpc) is 3.26. The van der Waals surface area contributed by atoms with Crippen molar-refractivity contribution in [1.29, 1.82) is 0 Å². The molecule has 116 valence electrons. The van der Waals surface area contributed by atoms with E-state index in [0.717, 1.165) is 38.6 Å². The lowest BCUT2D eigenvalue weighted by Crippen LogP contribution is -2.57. The molecule has 1 heterocycles. The van der Waals surface area contributed by atoms with Crippen molar-refractivity contribution in [3.8, 4) is 0 Å². The van der Waals surface area contributed by atoms with Crippen LogP contribution < -0.4 is 5.32 Å². The number of hydrogen-bond donors (Lipinski definition) is 2. The number of aromatic nitrogens is 2. The van der Waals surface area contributed by atoms with Crippen LogP contribution in [-0.4, -0.2) is 32.7 Å². The summed E-state index contributed by atoms with van der Waals surface area (Å²) in [5, 5.41) is 13.2. The van der Waals surface area contributed by atoms with Crippen LogP contribution in [0.15, 0.2) is 6.33 Å². The minimum Gasteiger partial charge on any atom is -0.480 e. The molecule has 1 atom stereocenters. The molecule has 5 heteroatoms. The number of rotatable bonds is 7. The summed E-state index contributed by atoms with van der Waals surface area (Å²) in [6.07, 6.45) is 9.28. The summed E-state index contributed by atoms with van der Waals surface area (Å²) in [6, 6.07) is 0. The number of imidazole rings is 1. The van der Waals surface area contributed by atoms with E-state index in [1.54, 1.807) is 0 Å². The molecule has 2 aliphatic carbocycles. The molecule has 3 rings (SSSR count). The van der Waals surface area contributed by atoms with Gasteiger partial charge in [-0.15, -0.1) is 0 Å². The fraction of sp³-hybridized carbons (Fsp3) is 0.750. The highest BCUT2D eigenvalue weighted by molar-refractivity contribution is 5.79. The van der Waals surface area contributed by atoms with Crippen LogP contribution in [0.2, 0.25) is 0 Å². The van der Waals surface area contributed by atoms with Gasteiger partial charge in [-0.25, -0.2) is 4.98 Å². The predicted octanol–water partition coefficient (Wildman–Crippen LogP) is 1.99. The third kappa shape index (κ3) is 2.71. The number of nitrogens with one attached hydrogen (secondary N) is 1. The van der Waals surface area contributed by atoms with Gasteiger partial charge in [0.05, 0.1) is 18.6 Å². The van der Waals surface area contributed by atoms with Crippen molar-refractivity contribution in [2.75, 3.05) is 6.54 Å². The summed E-state index contributed by atoms with van der Waals surface area (Å²) in [4.78, 5) is 16.5. The van der Waals surface area contributed by atoms with E-state index in [9.17, 15) is 9.90 Å². The number of aliphatic carboxylic acids is 1. The topological polar surface area (TPSA) is 67.2 Å². The number of carboxylic acid groups (broad SMARTS) is 1. The summed E-state index contributed by atoms with van der Waals surface area (Å²) in [5.74, 6) is -0.458. The second kappa shape index (κ2) is 5.79. The second-order valence-corrected chi connectivity index (χ2v) is 6.45. The Hall–Kier alpha value is -1.36. The van der Waals surface area contributed by atoms with E-state index < -0.39 is 11.5 Å². The van der Waals surface area contributed by atoms with Gasteiger partial charge >= 0.3 is 5.97 Å². The van der Waals surface area contributed by atoms with Crippen LogP contribution in [0.5, 0.6) is 0 Å². The van der Waals surface area contributed by atoms with Crippen LogP contribution in [0.1, 0.15) is 50.4 Å². The Labute approximate surface area is 125 Å². The van der Waals surface area contributed by atoms with Gasteiger partial charge in [0.15, 0.2) is 0 Å². The molecule has 0 aliphatic heterocycles. The number of carboxylic acids is 1. The zero-order valence-corrected chi connectivity index (χ0v) is 12.8. The van der Waals surface area contributed by atoms with Crippen molar-refractivity contribution in [2.45, 2.75) is 64.0 Å². The van der Waals surface area contributed by atoms with Crippen molar-refractivity contribution in [3.05, 3.63) is 17.7 Å². The Bertz CT molecular complexity index is 522. The van der Waals surface area contributed by atoms with E-state index in [1.807, 2.05) is 6.33 Å². The minimum absolute atomic E-state index is 0.253. The van der Waals surface area contributed by atoms with Crippen molar-refractivity contribution in [3.63, 3.8) is 0 Å². The van der Waals surface area contributed by atoms with Gasteiger partial charge in [-0.05, 0) is 57.4 Å². The van der Waals surface area contributed by atoms with Crippen LogP contribution in [0.4, 0.5) is 0 Å². The monoisotopic (exact) mass is 291 g/mol.